The van der Waals surface area contributed by atoms with Crippen molar-refractivity contribution < 1.29 is 39.0 Å². The molecule has 10 nitrogen and oxygen atoms in total. The summed E-state index contributed by atoms with van der Waals surface area (Å²) in [6.07, 6.45) is 15.8. The van der Waals surface area contributed by atoms with Crippen molar-refractivity contribution in [2.24, 2.45) is 46.7 Å². The lowest BCUT2D eigenvalue weighted by Crippen LogP contribution is -2.96. The highest BCUT2D eigenvalue weighted by molar-refractivity contribution is 8.76. The SMILES string of the molecule is CC=C(C)C(=O)O[C@@]1(C)CC=C2CSSC[C@@H]3CCN3C(=O)CC3C[NH2+]C(N)CC3[C@@H]2[C@@]12CC1CC3CC(C4(CCO)CCCCC4)C(=O)OC3CC1O2. The largest absolute Gasteiger partial charge is 0.462 e. The Balaban J connectivity index is 1.16. The first-order valence-corrected chi connectivity index (χ1v) is 23.7. The molecule has 7 fully saturated rings. The summed E-state index contributed by atoms with van der Waals surface area (Å²) in [5, 5.41) is 12.4. The van der Waals surface area contributed by atoms with E-state index in [4.69, 9.17) is 19.9 Å². The average molecular weight is 787 g/mol. The standard InChI is InChI=1S/C42H63N3O7S2/c1-4-25(2)38(48)52-40(3)12-8-26-23-53-54-24-30-9-14-45(30)36(47)18-29-22-44-35(43)19-31(29)37(26)42(40)21-28-16-27-17-32(39(49)50-33(27)20-34(28)51-42)41(13-15-46)10-6-5-7-11-41/h4,8,27-35,37,44,46H,5-7,9-24,43H2,1-3H3/p+1/t27?,28?,29?,30-,31?,32?,33?,34?,35?,37+,40-,42-/m0/s1. The van der Waals surface area contributed by atoms with Gasteiger partial charge in [0.2, 0.25) is 5.91 Å². The number of quaternary nitrogens is 1. The maximum atomic E-state index is 14.0. The van der Waals surface area contributed by atoms with Crippen LogP contribution in [0.4, 0.5) is 0 Å². The number of aliphatic hydroxyl groups excluding tert-OH is 1. The van der Waals surface area contributed by atoms with Gasteiger partial charge in [-0.2, -0.15) is 0 Å². The predicted octanol–water partition coefficient (Wildman–Crippen LogP) is 4.89. The summed E-state index contributed by atoms with van der Waals surface area (Å²) in [6.45, 7) is 7.51. The van der Waals surface area contributed by atoms with Crippen LogP contribution in [0.3, 0.4) is 0 Å². The number of carbonyl (C=O) groups excluding carboxylic acids is 3. The zero-order valence-corrected chi connectivity index (χ0v) is 34.3. The summed E-state index contributed by atoms with van der Waals surface area (Å²) in [6, 6.07) is 0.317. The Morgan fingerprint density at radius 3 is 2.67 bits per heavy atom. The first kappa shape index (κ1) is 39.3. The van der Waals surface area contributed by atoms with E-state index in [9.17, 15) is 19.5 Å². The number of carbonyl (C=O) groups is 3. The van der Waals surface area contributed by atoms with Crippen LogP contribution in [0, 0.1) is 40.9 Å². The fourth-order valence-electron chi connectivity index (χ4n) is 12.5. The summed E-state index contributed by atoms with van der Waals surface area (Å²) >= 11 is 0. The molecule has 12 atom stereocenters. The van der Waals surface area contributed by atoms with Crippen molar-refractivity contribution in [1.29, 1.82) is 0 Å². The molecule has 0 bridgehead atoms. The number of amides is 1. The van der Waals surface area contributed by atoms with Crippen molar-refractivity contribution in [2.75, 3.05) is 31.2 Å². The lowest BCUT2D eigenvalue weighted by atomic mass is 9.55. The highest BCUT2D eigenvalue weighted by atomic mass is 33.1. The quantitative estimate of drug-likeness (QED) is 0.153. The number of rotatable bonds is 5. The molecule has 0 radical (unpaired) electrons. The van der Waals surface area contributed by atoms with Gasteiger partial charge in [0.25, 0.3) is 0 Å². The van der Waals surface area contributed by atoms with Crippen LogP contribution < -0.4 is 11.1 Å². The third-order valence-electron chi connectivity index (χ3n) is 15.8. The van der Waals surface area contributed by atoms with Gasteiger partial charge in [-0.3, -0.25) is 15.3 Å². The minimum absolute atomic E-state index is 0.0785. The molecule has 2 saturated carbocycles. The molecule has 3 aliphatic carbocycles. The highest BCUT2D eigenvalue weighted by Gasteiger charge is 2.68. The summed E-state index contributed by atoms with van der Waals surface area (Å²) < 4.78 is 20.8. The Morgan fingerprint density at radius 2 is 1.93 bits per heavy atom. The van der Waals surface area contributed by atoms with Crippen LogP contribution in [0.5, 0.6) is 0 Å². The van der Waals surface area contributed by atoms with Crippen molar-refractivity contribution in [3.63, 3.8) is 0 Å². The first-order valence-electron chi connectivity index (χ1n) is 21.2. The van der Waals surface area contributed by atoms with E-state index in [0.29, 0.717) is 37.3 Å². The average Bonchev–Trinajstić information content (AvgIpc) is 3.51. The number of hydrogen-bond donors (Lipinski definition) is 3. The third kappa shape index (κ3) is 6.92. The molecule has 5 saturated heterocycles. The molecule has 5 aliphatic heterocycles. The van der Waals surface area contributed by atoms with Gasteiger partial charge < -0.3 is 29.5 Å². The summed E-state index contributed by atoms with van der Waals surface area (Å²) in [5.74, 6) is 2.04. The molecule has 5 heterocycles. The number of piperidine rings is 1. The van der Waals surface area contributed by atoms with Crippen molar-refractivity contribution in [1.82, 2.24) is 4.90 Å². The van der Waals surface area contributed by atoms with E-state index in [-0.39, 0.29) is 83.7 Å². The zero-order valence-electron chi connectivity index (χ0n) is 32.7. The molecule has 8 unspecified atom stereocenters. The van der Waals surface area contributed by atoms with Gasteiger partial charge in [0.1, 0.15) is 23.5 Å². The molecule has 1 spiro atoms. The van der Waals surface area contributed by atoms with E-state index in [1.165, 1.54) is 12.0 Å². The van der Waals surface area contributed by atoms with Gasteiger partial charge in [0.15, 0.2) is 0 Å². The molecular weight excluding hydrogens is 723 g/mol. The van der Waals surface area contributed by atoms with Gasteiger partial charge in [0.05, 0.1) is 18.6 Å². The van der Waals surface area contributed by atoms with E-state index >= 15 is 0 Å². The number of allylic oxidation sites excluding steroid dienone is 1. The van der Waals surface area contributed by atoms with Crippen molar-refractivity contribution in [2.45, 2.75) is 146 Å². The normalized spacial score (nSPS) is 43.8. The summed E-state index contributed by atoms with van der Waals surface area (Å²) in [5.41, 5.74) is 6.77. The van der Waals surface area contributed by atoms with Crippen molar-refractivity contribution >= 4 is 39.4 Å². The molecule has 8 rings (SSSR count). The molecule has 8 aliphatic rings. The molecule has 0 aromatic rings. The van der Waals surface area contributed by atoms with Crippen LogP contribution in [0.25, 0.3) is 0 Å². The van der Waals surface area contributed by atoms with Crippen LogP contribution in [0.1, 0.15) is 111 Å². The molecular formula is C42H64N3O7S2+. The molecule has 1 amide bonds. The zero-order chi connectivity index (χ0) is 37.8. The molecule has 300 valence electrons. The van der Waals surface area contributed by atoms with Gasteiger partial charge in [-0.15, -0.1) is 0 Å². The number of nitrogens with zero attached hydrogens (tertiary/aromatic N) is 1. The van der Waals surface area contributed by atoms with Crippen LogP contribution >= 0.6 is 21.6 Å². The Kier molecular flexibility index (Phi) is 11.4. The fraction of sp³-hybridized carbons (Fsp3) is 0.833. The van der Waals surface area contributed by atoms with Gasteiger partial charge >= 0.3 is 11.9 Å². The topological polar surface area (TPSA) is 145 Å². The molecule has 54 heavy (non-hydrogen) atoms. The van der Waals surface area contributed by atoms with E-state index < -0.39 is 11.2 Å². The maximum absolute atomic E-state index is 14.0. The number of aliphatic hydroxyl groups is 1. The Labute approximate surface area is 329 Å². The third-order valence-corrected chi connectivity index (χ3v) is 18.2. The number of nitrogens with two attached hydrogens (primary N) is 2. The molecule has 0 aromatic carbocycles. The van der Waals surface area contributed by atoms with Crippen LogP contribution in [0.15, 0.2) is 23.3 Å². The van der Waals surface area contributed by atoms with Gasteiger partial charge in [0, 0.05) is 73.8 Å². The molecule has 5 N–H and O–H groups in total. The Bertz CT molecular complexity index is 1510. The number of fused-ring (bicyclic) bond motifs is 7. The van der Waals surface area contributed by atoms with Crippen LogP contribution in [-0.4, -0.2) is 94.7 Å². The van der Waals surface area contributed by atoms with Gasteiger partial charge in [-0.05, 0) is 88.9 Å². The second-order valence-corrected chi connectivity index (χ2v) is 21.0. The van der Waals surface area contributed by atoms with Gasteiger partial charge in [-0.25, -0.2) is 4.79 Å². The summed E-state index contributed by atoms with van der Waals surface area (Å²) in [4.78, 5) is 43.8. The Morgan fingerprint density at radius 1 is 1.11 bits per heavy atom. The van der Waals surface area contributed by atoms with E-state index in [0.717, 1.165) is 82.4 Å². The number of esters is 2. The first-order chi connectivity index (χ1) is 26.0. The summed E-state index contributed by atoms with van der Waals surface area (Å²) in [7, 11) is 3.75. The fourth-order valence-corrected chi connectivity index (χ4v) is 15.1. The second kappa shape index (κ2) is 15.6. The van der Waals surface area contributed by atoms with Gasteiger partial charge in [-0.1, -0.05) is 58.6 Å². The Hall–Kier alpha value is -1.57. The lowest BCUT2D eigenvalue weighted by Gasteiger charge is -2.56. The smallest absolute Gasteiger partial charge is 0.334 e. The van der Waals surface area contributed by atoms with E-state index in [1.807, 2.05) is 41.5 Å². The highest BCUT2D eigenvalue weighted by Crippen LogP contribution is 2.62. The number of ether oxygens (including phenoxy) is 3. The minimum Gasteiger partial charge on any atom is -0.462 e. The van der Waals surface area contributed by atoms with Crippen LogP contribution in [0.2, 0.25) is 0 Å². The second-order valence-electron chi connectivity index (χ2n) is 18.5. The maximum Gasteiger partial charge on any atom is 0.334 e. The molecule has 12 heteroatoms. The molecule has 0 aromatic heterocycles. The minimum atomic E-state index is -0.950. The monoisotopic (exact) mass is 786 g/mol. The van der Waals surface area contributed by atoms with E-state index in [1.54, 1.807) is 0 Å². The van der Waals surface area contributed by atoms with Crippen LogP contribution in [-0.2, 0) is 28.6 Å². The number of hydrogen-bond acceptors (Lipinski definition) is 10. The van der Waals surface area contributed by atoms with Crippen molar-refractivity contribution in [3.05, 3.63) is 23.3 Å². The van der Waals surface area contributed by atoms with E-state index in [2.05, 4.69) is 23.2 Å². The van der Waals surface area contributed by atoms with Crippen molar-refractivity contribution in [3.8, 4) is 0 Å². The lowest BCUT2D eigenvalue weighted by molar-refractivity contribution is -0.706. The predicted molar refractivity (Wildman–Crippen MR) is 210 cm³/mol.